The van der Waals surface area contributed by atoms with Gasteiger partial charge in [0.1, 0.15) is 0 Å². The first kappa shape index (κ1) is 20.0. The predicted molar refractivity (Wildman–Crippen MR) is 120 cm³/mol. The second-order valence-electron chi connectivity index (χ2n) is 8.22. The third-order valence-corrected chi connectivity index (χ3v) is 5.84. The first-order valence-electron chi connectivity index (χ1n) is 9.97. The Kier molecular flexibility index (Phi) is 5.63. The molecule has 0 saturated heterocycles. The number of anilines is 1. The molecule has 1 aliphatic rings. The molecule has 0 bridgehead atoms. The quantitative estimate of drug-likeness (QED) is 0.677. The molecule has 4 rings (SSSR count). The predicted octanol–water partition coefficient (Wildman–Crippen LogP) is 3.46. The fourth-order valence-corrected chi connectivity index (χ4v) is 4.58. The van der Waals surface area contributed by atoms with Crippen LogP contribution in [-0.2, 0) is 17.6 Å². The number of benzene rings is 2. The van der Waals surface area contributed by atoms with Crippen LogP contribution >= 0.6 is 11.6 Å². The van der Waals surface area contributed by atoms with Gasteiger partial charge in [0, 0.05) is 40.9 Å². The highest BCUT2D eigenvalue weighted by Gasteiger charge is 2.31. The largest absolute Gasteiger partial charge is 0.361 e. The number of aromatic amines is 1. The maximum absolute atomic E-state index is 13.4. The van der Waals surface area contributed by atoms with Gasteiger partial charge in [0.05, 0.1) is 6.04 Å². The number of nitrogens with zero attached hydrogens (tertiary/aromatic N) is 2. The maximum atomic E-state index is 13.4. The Morgan fingerprint density at radius 1 is 1.31 bits per heavy atom. The fraction of sp³-hybridized carbons (Fsp3) is 0.348. The van der Waals surface area contributed by atoms with Gasteiger partial charge >= 0.3 is 0 Å². The summed E-state index contributed by atoms with van der Waals surface area (Å²) in [7, 11) is 4.12. The average Bonchev–Trinajstić information content (AvgIpc) is 3.09. The van der Waals surface area contributed by atoms with Gasteiger partial charge in [-0.15, -0.1) is 0 Å². The van der Waals surface area contributed by atoms with E-state index in [9.17, 15) is 4.79 Å². The molecule has 5 nitrogen and oxygen atoms in total. The topological polar surface area (TPSA) is 65.4 Å². The van der Waals surface area contributed by atoms with E-state index in [1.807, 2.05) is 47.5 Å². The van der Waals surface area contributed by atoms with E-state index < -0.39 is 6.04 Å². The van der Waals surface area contributed by atoms with Crippen molar-refractivity contribution in [1.82, 2.24) is 9.88 Å². The van der Waals surface area contributed by atoms with Gasteiger partial charge in [0.25, 0.3) is 0 Å². The zero-order valence-corrected chi connectivity index (χ0v) is 17.6. The second kappa shape index (κ2) is 8.19. The van der Waals surface area contributed by atoms with Crippen molar-refractivity contribution in [3.8, 4) is 0 Å². The highest BCUT2D eigenvalue weighted by Crippen LogP contribution is 2.33. The van der Waals surface area contributed by atoms with Crippen LogP contribution in [0.5, 0.6) is 0 Å². The highest BCUT2D eigenvalue weighted by atomic mass is 35.5. The molecular weight excluding hydrogens is 384 g/mol. The molecule has 3 aromatic rings. The van der Waals surface area contributed by atoms with E-state index in [2.05, 4.69) is 30.0 Å². The van der Waals surface area contributed by atoms with E-state index >= 15 is 0 Å². The van der Waals surface area contributed by atoms with Gasteiger partial charge in [0.2, 0.25) is 5.91 Å². The minimum absolute atomic E-state index is 0.0395. The molecule has 1 aromatic heterocycles. The number of hydrogen-bond donors (Lipinski definition) is 2. The van der Waals surface area contributed by atoms with Gasteiger partial charge in [0.15, 0.2) is 0 Å². The van der Waals surface area contributed by atoms with Crippen LogP contribution in [0.1, 0.15) is 11.1 Å². The Balaban J connectivity index is 1.59. The lowest BCUT2D eigenvalue weighted by Crippen LogP contribution is -2.50. The zero-order valence-electron chi connectivity index (χ0n) is 16.9. The summed E-state index contributed by atoms with van der Waals surface area (Å²) in [6, 6.07) is 13.3. The first-order chi connectivity index (χ1) is 13.9. The molecule has 0 aliphatic carbocycles. The minimum atomic E-state index is -0.601. The third-order valence-electron chi connectivity index (χ3n) is 5.60. The SMILES string of the molecule is CN(C)CC1Cc2cc(Cl)ccc2N(C(=O)[C@H](N)Cc2c[nH]c3ccccc23)C1. The third kappa shape index (κ3) is 4.17. The number of fused-ring (bicyclic) bond motifs is 2. The summed E-state index contributed by atoms with van der Waals surface area (Å²) >= 11 is 6.23. The smallest absolute Gasteiger partial charge is 0.244 e. The van der Waals surface area contributed by atoms with Crippen LogP contribution in [0, 0.1) is 5.92 Å². The molecular formula is C23H27ClN4O. The first-order valence-corrected chi connectivity index (χ1v) is 10.4. The monoisotopic (exact) mass is 410 g/mol. The van der Waals surface area contributed by atoms with Crippen molar-refractivity contribution < 1.29 is 4.79 Å². The molecule has 1 unspecified atom stereocenters. The van der Waals surface area contributed by atoms with Gasteiger partial charge in [-0.05, 0) is 68.2 Å². The van der Waals surface area contributed by atoms with Gasteiger partial charge in [-0.1, -0.05) is 29.8 Å². The second-order valence-corrected chi connectivity index (χ2v) is 8.66. The molecule has 1 aliphatic heterocycles. The Labute approximate surface area is 176 Å². The lowest BCUT2D eigenvalue weighted by atomic mass is 9.91. The molecule has 0 fully saturated rings. The van der Waals surface area contributed by atoms with E-state index in [1.54, 1.807) is 0 Å². The molecule has 0 saturated carbocycles. The Morgan fingerprint density at radius 3 is 2.90 bits per heavy atom. The lowest BCUT2D eigenvalue weighted by molar-refractivity contribution is -0.120. The molecule has 0 spiro atoms. The molecule has 152 valence electrons. The van der Waals surface area contributed by atoms with Crippen molar-refractivity contribution in [3.05, 3.63) is 64.8 Å². The summed E-state index contributed by atoms with van der Waals surface area (Å²) in [5, 5.41) is 1.82. The number of H-pyrrole nitrogens is 1. The number of rotatable bonds is 5. The Bertz CT molecular complexity index is 1030. The van der Waals surface area contributed by atoms with Crippen molar-refractivity contribution >= 4 is 34.1 Å². The van der Waals surface area contributed by atoms with Crippen molar-refractivity contribution in [2.45, 2.75) is 18.9 Å². The van der Waals surface area contributed by atoms with Crippen LogP contribution in [0.25, 0.3) is 10.9 Å². The number of aromatic nitrogens is 1. The number of hydrogen-bond acceptors (Lipinski definition) is 3. The van der Waals surface area contributed by atoms with Crippen molar-refractivity contribution in [1.29, 1.82) is 0 Å². The summed E-state index contributed by atoms with van der Waals surface area (Å²) in [6.45, 7) is 1.58. The van der Waals surface area contributed by atoms with E-state index in [-0.39, 0.29) is 5.91 Å². The molecule has 29 heavy (non-hydrogen) atoms. The molecule has 0 radical (unpaired) electrons. The highest BCUT2D eigenvalue weighted by molar-refractivity contribution is 6.30. The van der Waals surface area contributed by atoms with Crippen LogP contribution < -0.4 is 10.6 Å². The molecule has 6 heteroatoms. The van der Waals surface area contributed by atoms with Crippen molar-refractivity contribution in [2.24, 2.45) is 11.7 Å². The molecule has 2 heterocycles. The van der Waals surface area contributed by atoms with Crippen LogP contribution in [0.15, 0.2) is 48.7 Å². The van der Waals surface area contributed by atoms with Gasteiger partial charge < -0.3 is 20.5 Å². The number of carbonyl (C=O) groups excluding carboxylic acids is 1. The standard InChI is InChI=1S/C23H27ClN4O/c1-27(2)13-15-9-16-10-18(24)7-8-22(16)28(14-15)23(29)20(25)11-17-12-26-21-6-4-3-5-19(17)21/h3-8,10,12,15,20,26H,9,11,13-14,25H2,1-2H3/t15?,20-/m1/s1. The number of nitrogens with one attached hydrogen (secondary N) is 1. The number of amides is 1. The number of nitrogens with two attached hydrogens (primary N) is 1. The van der Waals surface area contributed by atoms with Crippen LogP contribution in [0.3, 0.4) is 0 Å². The molecule has 1 amide bonds. The van der Waals surface area contributed by atoms with Crippen LogP contribution in [-0.4, -0.2) is 49.0 Å². The molecule has 3 N–H and O–H groups in total. The zero-order chi connectivity index (χ0) is 20.5. The lowest BCUT2D eigenvalue weighted by Gasteiger charge is -2.37. The normalized spacial score (nSPS) is 17.6. The van der Waals surface area contributed by atoms with E-state index in [1.165, 1.54) is 0 Å². The Morgan fingerprint density at radius 2 is 2.10 bits per heavy atom. The molecule has 2 atom stereocenters. The number of para-hydroxylation sites is 1. The number of carbonyl (C=O) groups is 1. The minimum Gasteiger partial charge on any atom is -0.361 e. The van der Waals surface area contributed by atoms with E-state index in [4.69, 9.17) is 17.3 Å². The summed E-state index contributed by atoms with van der Waals surface area (Å²) in [5.74, 6) is 0.308. The summed E-state index contributed by atoms with van der Waals surface area (Å²) in [5.41, 5.74) is 10.6. The van der Waals surface area contributed by atoms with E-state index in [0.717, 1.165) is 40.7 Å². The summed E-state index contributed by atoms with van der Waals surface area (Å²) in [6.07, 6.45) is 3.37. The summed E-state index contributed by atoms with van der Waals surface area (Å²) in [4.78, 5) is 20.7. The van der Waals surface area contributed by atoms with Crippen molar-refractivity contribution in [2.75, 3.05) is 32.1 Å². The fourth-order valence-electron chi connectivity index (χ4n) is 4.39. The van der Waals surface area contributed by atoms with Crippen LogP contribution in [0.4, 0.5) is 5.69 Å². The van der Waals surface area contributed by atoms with E-state index in [0.29, 0.717) is 23.9 Å². The van der Waals surface area contributed by atoms with Gasteiger partial charge in [-0.3, -0.25) is 4.79 Å². The van der Waals surface area contributed by atoms with Gasteiger partial charge in [-0.2, -0.15) is 0 Å². The Hall–Kier alpha value is -2.34. The maximum Gasteiger partial charge on any atom is 0.244 e. The number of halogens is 1. The molecule has 2 aromatic carbocycles. The van der Waals surface area contributed by atoms with Crippen molar-refractivity contribution in [3.63, 3.8) is 0 Å². The summed E-state index contributed by atoms with van der Waals surface area (Å²) < 4.78 is 0. The van der Waals surface area contributed by atoms with Gasteiger partial charge in [-0.25, -0.2) is 0 Å². The average molecular weight is 411 g/mol. The van der Waals surface area contributed by atoms with Crippen LogP contribution in [0.2, 0.25) is 5.02 Å².